The van der Waals surface area contributed by atoms with Crippen molar-refractivity contribution in [2.75, 3.05) is 5.32 Å². The van der Waals surface area contributed by atoms with Gasteiger partial charge in [-0.3, -0.25) is 19.9 Å². The molecule has 0 aliphatic rings. The number of para-hydroxylation sites is 1. The molecule has 0 fully saturated rings. The second-order valence-corrected chi connectivity index (χ2v) is 5.02. The zero-order valence-electron chi connectivity index (χ0n) is 12.1. The highest BCUT2D eigenvalue weighted by Crippen LogP contribution is 2.19. The molecule has 6 nitrogen and oxygen atoms in total. The number of nitrogens with zero attached hydrogens (tertiary/aromatic N) is 2. The Morgan fingerprint density at radius 3 is 2.74 bits per heavy atom. The average Bonchev–Trinajstić information content (AvgIpc) is 2.55. The van der Waals surface area contributed by atoms with Crippen molar-refractivity contribution < 1.29 is 9.72 Å². The van der Waals surface area contributed by atoms with Crippen LogP contribution in [-0.4, -0.2) is 15.8 Å². The predicted molar refractivity (Wildman–Crippen MR) is 87.2 cm³/mol. The molecule has 0 aliphatic carbocycles. The maximum Gasteiger partial charge on any atom is 0.271 e. The van der Waals surface area contributed by atoms with Gasteiger partial charge in [-0.2, -0.15) is 0 Å². The monoisotopic (exact) mass is 307 g/mol. The number of nitrogens with one attached hydrogen (secondary N) is 1. The van der Waals surface area contributed by atoms with Crippen molar-refractivity contribution in [3.05, 3.63) is 76.5 Å². The molecule has 3 rings (SSSR count). The fourth-order valence-corrected chi connectivity index (χ4v) is 2.39. The Morgan fingerprint density at radius 2 is 1.91 bits per heavy atom. The van der Waals surface area contributed by atoms with E-state index in [-0.39, 0.29) is 18.0 Å². The van der Waals surface area contributed by atoms with Crippen molar-refractivity contribution in [3.63, 3.8) is 0 Å². The lowest BCUT2D eigenvalue weighted by Crippen LogP contribution is -2.14. The summed E-state index contributed by atoms with van der Waals surface area (Å²) in [6, 6.07) is 15.3. The second-order valence-electron chi connectivity index (χ2n) is 5.02. The largest absolute Gasteiger partial charge is 0.326 e. The Morgan fingerprint density at radius 1 is 1.13 bits per heavy atom. The topological polar surface area (TPSA) is 85.1 Å². The predicted octanol–water partition coefficient (Wildman–Crippen LogP) is 3.32. The molecule has 0 unspecified atom stereocenters. The first-order valence-corrected chi connectivity index (χ1v) is 7.00. The van der Waals surface area contributed by atoms with Crippen LogP contribution < -0.4 is 5.32 Å². The number of carbonyl (C=O) groups excluding carboxylic acids is 1. The third-order valence-corrected chi connectivity index (χ3v) is 3.41. The molecule has 0 bridgehead atoms. The Labute approximate surface area is 131 Å². The van der Waals surface area contributed by atoms with Gasteiger partial charge in [-0.05, 0) is 17.7 Å². The minimum absolute atomic E-state index is 0.0605. The van der Waals surface area contributed by atoms with Crippen LogP contribution in [0.4, 0.5) is 11.4 Å². The van der Waals surface area contributed by atoms with E-state index >= 15 is 0 Å². The van der Waals surface area contributed by atoms with Gasteiger partial charge in [0.2, 0.25) is 5.91 Å². The zero-order valence-corrected chi connectivity index (χ0v) is 12.1. The van der Waals surface area contributed by atoms with Crippen LogP contribution in [0.5, 0.6) is 0 Å². The van der Waals surface area contributed by atoms with Gasteiger partial charge in [0.05, 0.1) is 16.9 Å². The normalized spacial score (nSPS) is 10.4. The number of amides is 1. The Balaban J connectivity index is 1.79. The van der Waals surface area contributed by atoms with E-state index in [1.807, 2.05) is 30.3 Å². The Bertz CT molecular complexity index is 888. The number of fused-ring (bicyclic) bond motifs is 1. The maximum absolute atomic E-state index is 12.2. The summed E-state index contributed by atoms with van der Waals surface area (Å²) in [5.41, 5.74) is 1.93. The van der Waals surface area contributed by atoms with Gasteiger partial charge >= 0.3 is 0 Å². The van der Waals surface area contributed by atoms with Crippen LogP contribution in [0.1, 0.15) is 5.56 Å². The van der Waals surface area contributed by atoms with Gasteiger partial charge < -0.3 is 5.32 Å². The molecular formula is C17H13N3O3. The van der Waals surface area contributed by atoms with Crippen molar-refractivity contribution >= 4 is 28.2 Å². The van der Waals surface area contributed by atoms with Crippen LogP contribution in [0, 0.1) is 10.1 Å². The highest BCUT2D eigenvalue weighted by molar-refractivity contribution is 5.95. The standard InChI is InChI=1S/C17H13N3O3/c21-16(19-14-7-2-8-15(11-14)20(22)23)10-13-5-1-4-12-6-3-9-18-17(12)13/h1-9,11H,10H2,(H,19,21). The highest BCUT2D eigenvalue weighted by Gasteiger charge is 2.10. The van der Waals surface area contributed by atoms with Crippen LogP contribution in [0.25, 0.3) is 10.9 Å². The molecule has 1 aromatic heterocycles. The lowest BCUT2D eigenvalue weighted by molar-refractivity contribution is -0.384. The molecule has 0 radical (unpaired) electrons. The molecule has 1 N–H and O–H groups in total. The first-order chi connectivity index (χ1) is 11.1. The van der Waals surface area contributed by atoms with Crippen molar-refractivity contribution in [1.29, 1.82) is 0 Å². The van der Waals surface area contributed by atoms with E-state index in [1.54, 1.807) is 12.3 Å². The van der Waals surface area contributed by atoms with Crippen molar-refractivity contribution in [2.45, 2.75) is 6.42 Å². The fraction of sp³-hybridized carbons (Fsp3) is 0.0588. The van der Waals surface area contributed by atoms with E-state index in [0.29, 0.717) is 5.69 Å². The summed E-state index contributed by atoms with van der Waals surface area (Å²) < 4.78 is 0. The number of hydrogen-bond donors (Lipinski definition) is 1. The van der Waals surface area contributed by atoms with E-state index < -0.39 is 4.92 Å². The molecule has 1 amide bonds. The molecule has 23 heavy (non-hydrogen) atoms. The number of hydrogen-bond acceptors (Lipinski definition) is 4. The Hall–Kier alpha value is -3.28. The number of anilines is 1. The number of benzene rings is 2. The van der Waals surface area contributed by atoms with E-state index in [2.05, 4.69) is 10.3 Å². The molecule has 0 saturated heterocycles. The number of nitro benzene ring substituents is 1. The number of pyridine rings is 1. The fourth-order valence-electron chi connectivity index (χ4n) is 2.39. The molecule has 6 heteroatoms. The highest BCUT2D eigenvalue weighted by atomic mass is 16.6. The third kappa shape index (κ3) is 3.32. The van der Waals surface area contributed by atoms with Crippen LogP contribution >= 0.6 is 0 Å². The van der Waals surface area contributed by atoms with Crippen molar-refractivity contribution in [1.82, 2.24) is 4.98 Å². The SMILES string of the molecule is O=C(Cc1cccc2cccnc12)Nc1cccc([N+](=O)[O-])c1. The third-order valence-electron chi connectivity index (χ3n) is 3.41. The second kappa shape index (κ2) is 6.23. The maximum atomic E-state index is 12.2. The van der Waals surface area contributed by atoms with E-state index in [1.165, 1.54) is 18.2 Å². The Kier molecular flexibility index (Phi) is 3.97. The van der Waals surface area contributed by atoms with Crippen LogP contribution in [-0.2, 0) is 11.2 Å². The minimum Gasteiger partial charge on any atom is -0.326 e. The smallest absolute Gasteiger partial charge is 0.271 e. The number of rotatable bonds is 4. The molecule has 0 saturated carbocycles. The van der Waals surface area contributed by atoms with Crippen LogP contribution in [0.2, 0.25) is 0 Å². The van der Waals surface area contributed by atoms with E-state index in [4.69, 9.17) is 0 Å². The first kappa shape index (κ1) is 14.6. The van der Waals surface area contributed by atoms with Gasteiger partial charge in [0.25, 0.3) is 5.69 Å². The minimum atomic E-state index is -0.496. The summed E-state index contributed by atoms with van der Waals surface area (Å²) in [4.78, 5) is 26.8. The van der Waals surface area contributed by atoms with Crippen molar-refractivity contribution in [3.8, 4) is 0 Å². The zero-order chi connectivity index (χ0) is 16.2. The van der Waals surface area contributed by atoms with Gasteiger partial charge in [0, 0.05) is 29.4 Å². The summed E-state index contributed by atoms with van der Waals surface area (Å²) in [7, 11) is 0. The summed E-state index contributed by atoms with van der Waals surface area (Å²) >= 11 is 0. The number of carbonyl (C=O) groups is 1. The summed E-state index contributed by atoms with van der Waals surface area (Å²) in [6.45, 7) is 0. The molecule has 0 atom stereocenters. The lowest BCUT2D eigenvalue weighted by Gasteiger charge is -2.07. The van der Waals surface area contributed by atoms with Crippen molar-refractivity contribution in [2.24, 2.45) is 0 Å². The lowest BCUT2D eigenvalue weighted by atomic mass is 10.1. The van der Waals surface area contributed by atoms with Gasteiger partial charge in [0.15, 0.2) is 0 Å². The van der Waals surface area contributed by atoms with Crippen LogP contribution in [0.15, 0.2) is 60.8 Å². The number of non-ortho nitro benzene ring substituents is 1. The number of nitro groups is 1. The average molecular weight is 307 g/mol. The summed E-state index contributed by atoms with van der Waals surface area (Å²) in [5, 5.41) is 14.4. The molecular weight excluding hydrogens is 294 g/mol. The molecule has 1 heterocycles. The van der Waals surface area contributed by atoms with E-state index in [9.17, 15) is 14.9 Å². The summed E-state index contributed by atoms with van der Waals surface area (Å²) in [5.74, 6) is -0.247. The van der Waals surface area contributed by atoms with Crippen LogP contribution in [0.3, 0.4) is 0 Å². The molecule has 0 aliphatic heterocycles. The molecule has 114 valence electrons. The molecule has 2 aromatic carbocycles. The van der Waals surface area contributed by atoms with Gasteiger partial charge in [-0.1, -0.05) is 30.3 Å². The first-order valence-electron chi connectivity index (χ1n) is 7.00. The molecule has 0 spiro atoms. The van der Waals surface area contributed by atoms with Gasteiger partial charge in [-0.25, -0.2) is 0 Å². The van der Waals surface area contributed by atoms with Gasteiger partial charge in [-0.15, -0.1) is 0 Å². The molecule has 3 aromatic rings. The summed E-state index contributed by atoms with van der Waals surface area (Å²) in [6.07, 6.45) is 1.83. The van der Waals surface area contributed by atoms with E-state index in [0.717, 1.165) is 16.5 Å². The number of aromatic nitrogens is 1. The quantitative estimate of drug-likeness (QED) is 0.592. The van der Waals surface area contributed by atoms with Gasteiger partial charge in [0.1, 0.15) is 0 Å².